The molecular weight excluding hydrogens is 314 g/mol. The number of rotatable bonds is 6. The standard InChI is InChI=1S/C12H16ClN5O2S/c1-2-18-8-15-17-12(18)7-16-21(19,20)10-3-4-11(13)9(5-10)6-14/h3-5,8,16H,2,6-7,14H2,1H3. The third-order valence-corrected chi connectivity index (χ3v) is 4.77. The Labute approximate surface area is 128 Å². The molecule has 2 rings (SSSR count). The van der Waals surface area contributed by atoms with Gasteiger partial charge in [-0.1, -0.05) is 11.6 Å². The average Bonchev–Trinajstić information content (AvgIpc) is 2.93. The van der Waals surface area contributed by atoms with Crippen LogP contribution in [0.2, 0.25) is 5.02 Å². The predicted octanol–water partition coefficient (Wildman–Crippen LogP) is 0.889. The second-order valence-electron chi connectivity index (χ2n) is 4.32. The summed E-state index contributed by atoms with van der Waals surface area (Å²) in [7, 11) is -3.66. The lowest BCUT2D eigenvalue weighted by Gasteiger charge is -2.09. The van der Waals surface area contributed by atoms with E-state index in [0.29, 0.717) is 23.0 Å². The van der Waals surface area contributed by atoms with Crippen molar-refractivity contribution >= 4 is 21.6 Å². The fraction of sp³-hybridized carbons (Fsp3) is 0.333. The van der Waals surface area contributed by atoms with Crippen LogP contribution in [0.15, 0.2) is 29.4 Å². The van der Waals surface area contributed by atoms with Gasteiger partial charge in [-0.25, -0.2) is 13.1 Å². The highest BCUT2D eigenvalue weighted by Crippen LogP contribution is 2.20. The minimum Gasteiger partial charge on any atom is -0.326 e. The molecule has 9 heteroatoms. The Morgan fingerprint density at radius 2 is 2.19 bits per heavy atom. The SMILES string of the molecule is CCn1cnnc1CNS(=O)(=O)c1ccc(Cl)c(CN)c1. The van der Waals surface area contributed by atoms with Crippen LogP contribution >= 0.6 is 11.6 Å². The molecule has 0 atom stereocenters. The van der Waals surface area contributed by atoms with E-state index < -0.39 is 10.0 Å². The molecule has 0 amide bonds. The summed E-state index contributed by atoms with van der Waals surface area (Å²) >= 11 is 5.93. The van der Waals surface area contributed by atoms with Crippen molar-refractivity contribution in [3.05, 3.63) is 40.9 Å². The molecule has 0 radical (unpaired) electrons. The van der Waals surface area contributed by atoms with Crippen LogP contribution in [0.5, 0.6) is 0 Å². The lowest BCUT2D eigenvalue weighted by molar-refractivity contribution is 0.575. The van der Waals surface area contributed by atoms with Crippen molar-refractivity contribution in [2.45, 2.75) is 31.5 Å². The molecule has 1 heterocycles. The van der Waals surface area contributed by atoms with E-state index in [4.69, 9.17) is 17.3 Å². The molecule has 7 nitrogen and oxygen atoms in total. The average molecular weight is 330 g/mol. The highest BCUT2D eigenvalue weighted by atomic mass is 35.5. The number of aromatic nitrogens is 3. The van der Waals surface area contributed by atoms with Crippen molar-refractivity contribution in [3.63, 3.8) is 0 Å². The van der Waals surface area contributed by atoms with Gasteiger partial charge in [-0.2, -0.15) is 0 Å². The van der Waals surface area contributed by atoms with Crippen molar-refractivity contribution in [3.8, 4) is 0 Å². The van der Waals surface area contributed by atoms with E-state index in [1.54, 1.807) is 10.9 Å². The van der Waals surface area contributed by atoms with Crippen molar-refractivity contribution in [1.82, 2.24) is 19.5 Å². The molecular formula is C12H16ClN5O2S. The first-order valence-corrected chi connectivity index (χ1v) is 8.19. The zero-order valence-electron chi connectivity index (χ0n) is 11.5. The van der Waals surface area contributed by atoms with Crippen molar-refractivity contribution < 1.29 is 8.42 Å². The fourth-order valence-electron chi connectivity index (χ4n) is 1.80. The lowest BCUT2D eigenvalue weighted by Crippen LogP contribution is -2.25. The van der Waals surface area contributed by atoms with Gasteiger partial charge in [-0.3, -0.25) is 0 Å². The molecule has 0 bridgehead atoms. The second kappa shape index (κ2) is 6.52. The Bertz CT molecular complexity index is 729. The Morgan fingerprint density at radius 1 is 1.43 bits per heavy atom. The third kappa shape index (κ3) is 3.59. The third-order valence-electron chi connectivity index (χ3n) is 3.00. The number of aryl methyl sites for hydroxylation is 1. The number of nitrogens with two attached hydrogens (primary N) is 1. The van der Waals surface area contributed by atoms with E-state index in [1.165, 1.54) is 18.2 Å². The first-order chi connectivity index (χ1) is 9.97. The number of hydrogen-bond donors (Lipinski definition) is 2. The Hall–Kier alpha value is -1.48. The van der Waals surface area contributed by atoms with Gasteiger partial charge in [-0.05, 0) is 30.7 Å². The summed E-state index contributed by atoms with van der Waals surface area (Å²) in [6.07, 6.45) is 1.55. The van der Waals surface area contributed by atoms with Gasteiger partial charge >= 0.3 is 0 Å². The molecule has 1 aromatic heterocycles. The van der Waals surface area contributed by atoms with Crippen LogP contribution in [0.4, 0.5) is 0 Å². The first-order valence-electron chi connectivity index (χ1n) is 6.32. The van der Waals surface area contributed by atoms with Crippen LogP contribution < -0.4 is 10.5 Å². The molecule has 0 aliphatic heterocycles. The first kappa shape index (κ1) is 15.9. The Kier molecular flexibility index (Phi) is 4.94. The van der Waals surface area contributed by atoms with Gasteiger partial charge in [0.15, 0.2) is 0 Å². The van der Waals surface area contributed by atoms with Gasteiger partial charge in [0, 0.05) is 18.1 Å². The summed E-state index contributed by atoms with van der Waals surface area (Å²) in [5.41, 5.74) is 6.11. The lowest BCUT2D eigenvalue weighted by atomic mass is 10.2. The number of halogens is 1. The quantitative estimate of drug-likeness (QED) is 0.819. The predicted molar refractivity (Wildman–Crippen MR) is 79.1 cm³/mol. The number of hydrogen-bond acceptors (Lipinski definition) is 5. The highest BCUT2D eigenvalue weighted by Gasteiger charge is 2.16. The minimum absolute atomic E-state index is 0.0662. The maximum Gasteiger partial charge on any atom is 0.240 e. The van der Waals surface area contributed by atoms with Crippen LogP contribution in [0.1, 0.15) is 18.3 Å². The summed E-state index contributed by atoms with van der Waals surface area (Å²) in [5.74, 6) is 0.550. The van der Waals surface area contributed by atoms with E-state index in [1.807, 2.05) is 6.92 Å². The topological polar surface area (TPSA) is 103 Å². The van der Waals surface area contributed by atoms with E-state index in [-0.39, 0.29) is 18.0 Å². The maximum atomic E-state index is 12.3. The number of sulfonamides is 1. The van der Waals surface area contributed by atoms with Gasteiger partial charge < -0.3 is 10.3 Å². The molecule has 114 valence electrons. The van der Waals surface area contributed by atoms with Crippen LogP contribution in [0.3, 0.4) is 0 Å². The minimum atomic E-state index is -3.66. The smallest absolute Gasteiger partial charge is 0.240 e. The van der Waals surface area contributed by atoms with E-state index in [2.05, 4.69) is 14.9 Å². The van der Waals surface area contributed by atoms with Gasteiger partial charge in [0.05, 0.1) is 11.4 Å². The van der Waals surface area contributed by atoms with Gasteiger partial charge in [-0.15, -0.1) is 10.2 Å². The normalized spacial score (nSPS) is 11.8. The highest BCUT2D eigenvalue weighted by molar-refractivity contribution is 7.89. The molecule has 0 spiro atoms. The largest absolute Gasteiger partial charge is 0.326 e. The monoisotopic (exact) mass is 329 g/mol. The molecule has 1 aromatic carbocycles. The van der Waals surface area contributed by atoms with Crippen LogP contribution in [0, 0.1) is 0 Å². The van der Waals surface area contributed by atoms with Gasteiger partial charge in [0.2, 0.25) is 10.0 Å². The maximum absolute atomic E-state index is 12.3. The molecule has 0 aliphatic rings. The van der Waals surface area contributed by atoms with Gasteiger partial charge in [0.25, 0.3) is 0 Å². The molecule has 0 fully saturated rings. The molecule has 0 saturated carbocycles. The summed E-state index contributed by atoms with van der Waals surface area (Å²) < 4.78 is 28.8. The zero-order chi connectivity index (χ0) is 15.5. The van der Waals surface area contributed by atoms with Crippen LogP contribution in [-0.4, -0.2) is 23.2 Å². The Morgan fingerprint density at radius 3 is 2.86 bits per heavy atom. The van der Waals surface area contributed by atoms with Crippen LogP contribution in [0.25, 0.3) is 0 Å². The molecule has 3 N–H and O–H groups in total. The van der Waals surface area contributed by atoms with E-state index in [0.717, 1.165) is 0 Å². The molecule has 0 unspecified atom stereocenters. The van der Waals surface area contributed by atoms with Crippen molar-refractivity contribution in [2.75, 3.05) is 0 Å². The summed E-state index contributed by atoms with van der Waals surface area (Å²) in [6.45, 7) is 2.83. The second-order valence-corrected chi connectivity index (χ2v) is 6.49. The van der Waals surface area contributed by atoms with Crippen molar-refractivity contribution in [2.24, 2.45) is 5.73 Å². The fourth-order valence-corrected chi connectivity index (χ4v) is 3.02. The van der Waals surface area contributed by atoms with E-state index in [9.17, 15) is 8.42 Å². The van der Waals surface area contributed by atoms with Crippen molar-refractivity contribution in [1.29, 1.82) is 0 Å². The van der Waals surface area contributed by atoms with Crippen LogP contribution in [-0.2, 0) is 29.7 Å². The number of benzene rings is 1. The molecule has 2 aromatic rings. The summed E-state index contributed by atoms with van der Waals surface area (Å²) in [4.78, 5) is 0.120. The summed E-state index contributed by atoms with van der Waals surface area (Å²) in [5, 5.41) is 8.07. The Balaban J connectivity index is 2.19. The number of nitrogens with zero attached hydrogens (tertiary/aromatic N) is 3. The zero-order valence-corrected chi connectivity index (χ0v) is 13.0. The van der Waals surface area contributed by atoms with E-state index >= 15 is 0 Å². The molecule has 0 aliphatic carbocycles. The molecule has 21 heavy (non-hydrogen) atoms. The van der Waals surface area contributed by atoms with Gasteiger partial charge in [0.1, 0.15) is 12.2 Å². The molecule has 0 saturated heterocycles. The number of nitrogens with one attached hydrogen (secondary N) is 1. The summed E-state index contributed by atoms with van der Waals surface area (Å²) in [6, 6.07) is 4.43.